The van der Waals surface area contributed by atoms with Crippen molar-refractivity contribution in [1.82, 2.24) is 0 Å². The van der Waals surface area contributed by atoms with Gasteiger partial charge in [-0.25, -0.2) is 13.5 Å². The number of unbranched alkanes of at least 4 members (excludes halogenated alkanes) is 4. The molecule has 3 aromatic carbocycles. The van der Waals surface area contributed by atoms with Gasteiger partial charge in [-0.1, -0.05) is 94.7 Å². The number of alkyl halides is 7. The molecule has 0 unspecified atom stereocenters. The summed E-state index contributed by atoms with van der Waals surface area (Å²) in [5, 5.41) is 0. The van der Waals surface area contributed by atoms with Crippen molar-refractivity contribution in [1.29, 1.82) is 0 Å². The molecule has 0 atom stereocenters. The SMILES string of the molecule is CCCCCCCC1CCC(C2CCC(c3ccc(-c4ccc(C(F)(F)Oc5cc(F)c(C(F)(F)OC(F)(F)F)c(F)c5)cc4)cc3)CC2)CC1. The highest BCUT2D eigenvalue weighted by atomic mass is 19.4. The Balaban J connectivity index is 1.12. The average Bonchev–Trinajstić information content (AvgIpc) is 3.07. The van der Waals surface area contributed by atoms with Crippen LogP contribution >= 0.6 is 0 Å². The van der Waals surface area contributed by atoms with Crippen LogP contribution in [0, 0.1) is 29.4 Å². The highest BCUT2D eigenvalue weighted by molar-refractivity contribution is 5.64. The summed E-state index contributed by atoms with van der Waals surface area (Å²) in [4.78, 5) is 0. The molecule has 2 aliphatic carbocycles. The van der Waals surface area contributed by atoms with Crippen LogP contribution in [0.4, 0.5) is 39.5 Å². The number of hydrogen-bond donors (Lipinski definition) is 0. The molecule has 0 aromatic heterocycles. The molecule has 3 aromatic rings. The quantitative estimate of drug-likeness (QED) is 0.122. The molecular weight excluding hydrogens is 683 g/mol. The molecule has 0 bridgehead atoms. The zero-order chi connectivity index (χ0) is 36.8. The molecule has 0 amide bonds. The molecule has 0 radical (unpaired) electrons. The maximum absolute atomic E-state index is 14.9. The first-order valence-electron chi connectivity index (χ1n) is 18.1. The molecule has 0 aliphatic heterocycles. The van der Waals surface area contributed by atoms with E-state index in [0.29, 0.717) is 11.5 Å². The van der Waals surface area contributed by atoms with Crippen LogP contribution in [0.1, 0.15) is 119 Å². The lowest BCUT2D eigenvalue weighted by atomic mass is 9.68. The second-order valence-electron chi connectivity index (χ2n) is 14.2. The van der Waals surface area contributed by atoms with Gasteiger partial charge in [0.2, 0.25) is 0 Å². The third-order valence-electron chi connectivity index (χ3n) is 10.8. The van der Waals surface area contributed by atoms with E-state index < -0.39 is 47.1 Å². The summed E-state index contributed by atoms with van der Waals surface area (Å²) in [6.45, 7) is 2.25. The van der Waals surface area contributed by atoms with Gasteiger partial charge in [0.15, 0.2) is 0 Å². The second-order valence-corrected chi connectivity index (χ2v) is 14.2. The van der Waals surface area contributed by atoms with E-state index in [-0.39, 0.29) is 12.1 Å². The van der Waals surface area contributed by atoms with E-state index in [2.05, 4.69) is 28.5 Å². The minimum absolute atomic E-state index is 0.0651. The minimum Gasteiger partial charge on any atom is -0.429 e. The third kappa shape index (κ3) is 10.4. The van der Waals surface area contributed by atoms with Gasteiger partial charge in [-0.3, -0.25) is 0 Å². The maximum atomic E-state index is 14.9. The third-order valence-corrected chi connectivity index (χ3v) is 10.8. The summed E-state index contributed by atoms with van der Waals surface area (Å²) in [6, 6.07) is 12.9. The van der Waals surface area contributed by atoms with Crippen LogP contribution in [0.15, 0.2) is 60.7 Å². The van der Waals surface area contributed by atoms with Gasteiger partial charge in [-0.2, -0.15) is 17.6 Å². The lowest BCUT2D eigenvalue weighted by Crippen LogP contribution is -2.30. The lowest BCUT2D eigenvalue weighted by molar-refractivity contribution is -0.432. The number of ether oxygens (including phenoxy) is 2. The Bertz CT molecular complexity index is 1510. The van der Waals surface area contributed by atoms with E-state index in [4.69, 9.17) is 0 Å². The number of hydrogen-bond acceptors (Lipinski definition) is 2. The maximum Gasteiger partial charge on any atom is 0.527 e. The first kappa shape index (κ1) is 39.0. The minimum atomic E-state index is -5.93. The first-order valence-corrected chi connectivity index (χ1v) is 18.1. The predicted octanol–water partition coefficient (Wildman–Crippen LogP) is 13.8. The van der Waals surface area contributed by atoms with E-state index in [1.165, 1.54) is 94.7 Å². The Kier molecular flexibility index (Phi) is 12.7. The zero-order valence-corrected chi connectivity index (χ0v) is 28.7. The van der Waals surface area contributed by atoms with Crippen molar-refractivity contribution < 1.29 is 49.0 Å². The Morgan fingerprint density at radius 3 is 1.65 bits per heavy atom. The number of halogens is 9. The van der Waals surface area contributed by atoms with Gasteiger partial charge in [-0.15, -0.1) is 13.2 Å². The Hall–Kier alpha value is -3.21. The van der Waals surface area contributed by atoms with E-state index in [0.717, 1.165) is 48.3 Å². The predicted molar refractivity (Wildman–Crippen MR) is 177 cm³/mol. The fraction of sp³-hybridized carbons (Fsp3) is 0.550. The van der Waals surface area contributed by atoms with Gasteiger partial charge in [-0.05, 0) is 91.0 Å². The molecule has 280 valence electrons. The van der Waals surface area contributed by atoms with Crippen LogP contribution in [0.3, 0.4) is 0 Å². The molecule has 0 heterocycles. The van der Waals surface area contributed by atoms with Crippen molar-refractivity contribution in [3.8, 4) is 16.9 Å². The molecule has 0 spiro atoms. The van der Waals surface area contributed by atoms with Crippen molar-refractivity contribution in [2.24, 2.45) is 17.8 Å². The average molecular weight is 729 g/mol. The fourth-order valence-electron chi connectivity index (χ4n) is 8.00. The van der Waals surface area contributed by atoms with Gasteiger partial charge in [0.05, 0.1) is 5.56 Å². The van der Waals surface area contributed by atoms with Gasteiger partial charge in [0.25, 0.3) is 0 Å². The Labute approximate surface area is 293 Å². The van der Waals surface area contributed by atoms with E-state index >= 15 is 0 Å². The summed E-state index contributed by atoms with van der Waals surface area (Å²) in [7, 11) is 0. The Morgan fingerprint density at radius 2 is 1.12 bits per heavy atom. The van der Waals surface area contributed by atoms with Crippen molar-refractivity contribution in [3.63, 3.8) is 0 Å². The zero-order valence-electron chi connectivity index (χ0n) is 28.7. The number of rotatable bonds is 14. The second kappa shape index (κ2) is 16.6. The van der Waals surface area contributed by atoms with Crippen molar-refractivity contribution in [2.75, 3.05) is 0 Å². The smallest absolute Gasteiger partial charge is 0.429 e. The molecule has 2 nitrogen and oxygen atoms in total. The highest BCUT2D eigenvalue weighted by Gasteiger charge is 2.50. The summed E-state index contributed by atoms with van der Waals surface area (Å²) >= 11 is 0. The summed E-state index contributed by atoms with van der Waals surface area (Å²) in [5.41, 5.74) is -0.406. The van der Waals surface area contributed by atoms with Crippen molar-refractivity contribution in [3.05, 3.63) is 89.0 Å². The van der Waals surface area contributed by atoms with Crippen LogP contribution in [-0.4, -0.2) is 6.36 Å². The monoisotopic (exact) mass is 728 g/mol. The standard InChI is InChI=1S/C40H45F9O2/c1-2-3-4-5-6-7-26-8-10-27(11-9-26)28-12-14-29(15-13-28)30-16-18-31(19-17-30)32-20-22-33(23-21-32)38(43,44)50-34-24-35(41)37(36(42)25-34)39(45,46)51-40(47,48)49/h16-29H,2-15H2,1H3. The van der Waals surface area contributed by atoms with E-state index in [9.17, 15) is 39.5 Å². The molecular formula is C40H45F9O2. The number of benzene rings is 3. The molecule has 2 fully saturated rings. The molecule has 5 rings (SSSR count). The van der Waals surface area contributed by atoms with E-state index in [1.54, 1.807) is 0 Å². The molecule has 0 saturated heterocycles. The van der Waals surface area contributed by atoms with Crippen molar-refractivity contribution >= 4 is 0 Å². The summed E-state index contributed by atoms with van der Waals surface area (Å²) in [5.74, 6) is -2.67. The lowest BCUT2D eigenvalue weighted by Gasteiger charge is -2.38. The van der Waals surface area contributed by atoms with Gasteiger partial charge in [0, 0.05) is 12.1 Å². The topological polar surface area (TPSA) is 18.5 Å². The molecule has 2 saturated carbocycles. The molecule has 2 aliphatic rings. The summed E-state index contributed by atoms with van der Waals surface area (Å²) in [6.07, 6.45) is 2.95. The fourth-order valence-corrected chi connectivity index (χ4v) is 8.00. The van der Waals surface area contributed by atoms with Crippen LogP contribution in [0.2, 0.25) is 0 Å². The van der Waals surface area contributed by atoms with Crippen LogP contribution in [0.25, 0.3) is 11.1 Å². The Morgan fingerprint density at radius 1 is 0.608 bits per heavy atom. The molecule has 51 heavy (non-hydrogen) atoms. The van der Waals surface area contributed by atoms with Crippen molar-refractivity contribution in [2.45, 2.75) is 121 Å². The largest absolute Gasteiger partial charge is 0.527 e. The van der Waals surface area contributed by atoms with Gasteiger partial charge < -0.3 is 4.74 Å². The first-order chi connectivity index (χ1) is 24.1. The van der Waals surface area contributed by atoms with Gasteiger partial charge >= 0.3 is 18.6 Å². The normalized spacial score (nSPS) is 21.8. The van der Waals surface area contributed by atoms with Crippen LogP contribution in [-0.2, 0) is 17.0 Å². The van der Waals surface area contributed by atoms with Crippen LogP contribution < -0.4 is 4.74 Å². The summed E-state index contributed by atoms with van der Waals surface area (Å²) < 4.78 is 129. The highest BCUT2D eigenvalue weighted by Crippen LogP contribution is 2.45. The molecule has 11 heteroatoms. The van der Waals surface area contributed by atoms with E-state index in [1.807, 2.05) is 12.1 Å². The van der Waals surface area contributed by atoms with Gasteiger partial charge in [0.1, 0.15) is 22.9 Å². The molecule has 0 N–H and O–H groups in total. The van der Waals surface area contributed by atoms with Crippen LogP contribution in [0.5, 0.6) is 5.75 Å².